The first kappa shape index (κ1) is 31.0. The van der Waals surface area contributed by atoms with Crippen LogP contribution in [0.2, 0.25) is 0 Å². The Kier molecular flexibility index (Phi) is 7.41. The van der Waals surface area contributed by atoms with E-state index in [4.69, 9.17) is 19.0 Å². The fourth-order valence-electron chi connectivity index (χ4n) is 6.34. The van der Waals surface area contributed by atoms with Gasteiger partial charge in [-0.3, -0.25) is 9.79 Å². The number of hydrogen-bond donors (Lipinski definition) is 1. The van der Waals surface area contributed by atoms with Crippen molar-refractivity contribution < 1.29 is 36.4 Å². The molecule has 4 heterocycles. The van der Waals surface area contributed by atoms with Gasteiger partial charge in [0.25, 0.3) is 5.91 Å². The van der Waals surface area contributed by atoms with Crippen LogP contribution in [-0.2, 0) is 31.6 Å². The summed E-state index contributed by atoms with van der Waals surface area (Å²) in [5.41, 5.74) is -0.935. The quantitative estimate of drug-likeness (QED) is 0.369. The Balaban J connectivity index is 1.30. The van der Waals surface area contributed by atoms with E-state index in [1.165, 1.54) is 19.2 Å². The molecule has 4 aliphatic rings. The van der Waals surface area contributed by atoms with Gasteiger partial charge in [0.15, 0.2) is 0 Å². The number of amides is 1. The molecule has 2 atom stereocenters. The van der Waals surface area contributed by atoms with E-state index in [1.54, 1.807) is 0 Å². The number of methoxy groups -OCH3 is 1. The number of ether oxygens (including phenoxy) is 1. The molecule has 1 aliphatic carbocycles. The first-order valence-electron chi connectivity index (χ1n) is 15.0. The zero-order valence-corrected chi connectivity index (χ0v) is 25.8. The molecule has 1 N–H and O–H groups in total. The lowest BCUT2D eigenvalue weighted by Gasteiger charge is -2.43. The summed E-state index contributed by atoms with van der Waals surface area (Å²) in [6, 6.07) is 5.35. The summed E-state index contributed by atoms with van der Waals surface area (Å²) in [5, 5.41) is 2.85. The average Bonchev–Trinajstić information content (AvgIpc) is 3.69. The SMILES string of the molecule is COCc1c(F)cc(B2OC(C)(C)C(C)(C)O2)cc1N1CC[C@]2(C[C@@H]1C)N=C(c1ccc(C(F)(F)F)nc1C1CC1)NC2=O. The Bertz CT molecular complexity index is 1510. The normalized spacial score (nSPS) is 26.4. The molecule has 44 heavy (non-hydrogen) atoms. The molecule has 0 unspecified atom stereocenters. The standard InChI is InChI=1S/C31H37BF4N4O4/c1-17-15-30(27(41)38-26(39-30)20-9-10-24(31(34,35)36)37-25(20)18-7-8-18)11-12-40(17)23-14-19(13-22(33)21(23)16-42-6)32-43-28(2,3)29(4,5)44-32/h9-10,13-14,17-18H,7-8,11-12,15-16H2,1-6H3,(H,38,39,41)/t17-,30+/m0/s1. The molecule has 2 aromatic rings. The van der Waals surface area contributed by atoms with Crippen LogP contribution in [0.3, 0.4) is 0 Å². The highest BCUT2D eigenvalue weighted by molar-refractivity contribution is 6.62. The number of anilines is 1. The minimum absolute atomic E-state index is 0.0484. The number of carbonyl (C=O) groups is 1. The largest absolute Gasteiger partial charge is 0.495 e. The molecule has 13 heteroatoms. The van der Waals surface area contributed by atoms with Crippen molar-refractivity contribution in [2.45, 2.75) is 102 Å². The van der Waals surface area contributed by atoms with Crippen molar-refractivity contribution in [3.63, 3.8) is 0 Å². The maximum absolute atomic E-state index is 15.6. The van der Waals surface area contributed by atoms with Gasteiger partial charge < -0.3 is 24.3 Å². The minimum atomic E-state index is -4.56. The summed E-state index contributed by atoms with van der Waals surface area (Å²) in [5.74, 6) is -0.569. The van der Waals surface area contributed by atoms with E-state index >= 15 is 4.39 Å². The highest BCUT2D eigenvalue weighted by Crippen LogP contribution is 2.44. The number of nitrogens with zero attached hydrogens (tertiary/aromatic N) is 3. The third-order valence-corrected chi connectivity index (χ3v) is 9.66. The predicted molar refractivity (Wildman–Crippen MR) is 157 cm³/mol. The van der Waals surface area contributed by atoms with Crippen molar-refractivity contribution in [1.82, 2.24) is 10.3 Å². The molecule has 1 spiro atoms. The monoisotopic (exact) mass is 616 g/mol. The second kappa shape index (κ2) is 10.5. The number of piperidine rings is 1. The number of nitrogens with one attached hydrogen (secondary N) is 1. The van der Waals surface area contributed by atoms with Gasteiger partial charge in [-0.1, -0.05) is 0 Å². The van der Waals surface area contributed by atoms with Crippen molar-refractivity contribution in [2.24, 2.45) is 4.99 Å². The summed E-state index contributed by atoms with van der Waals surface area (Å²) in [4.78, 5) is 24.3. The van der Waals surface area contributed by atoms with Crippen molar-refractivity contribution in [1.29, 1.82) is 0 Å². The molecule has 8 nitrogen and oxygen atoms in total. The van der Waals surface area contributed by atoms with Gasteiger partial charge in [0.1, 0.15) is 22.9 Å². The first-order valence-corrected chi connectivity index (χ1v) is 15.0. The van der Waals surface area contributed by atoms with Crippen molar-refractivity contribution in [2.75, 3.05) is 18.6 Å². The van der Waals surface area contributed by atoms with Gasteiger partial charge >= 0.3 is 13.3 Å². The van der Waals surface area contributed by atoms with Crippen LogP contribution in [0.1, 0.15) is 88.7 Å². The maximum Gasteiger partial charge on any atom is 0.495 e. The number of hydrogen-bond acceptors (Lipinski definition) is 7. The van der Waals surface area contributed by atoms with E-state index in [0.29, 0.717) is 47.4 Å². The summed E-state index contributed by atoms with van der Waals surface area (Å²) in [6.07, 6.45) is -2.43. The minimum Gasteiger partial charge on any atom is -0.399 e. The number of aromatic nitrogens is 1. The second-order valence-corrected chi connectivity index (χ2v) is 13.4. The van der Waals surface area contributed by atoms with Crippen LogP contribution in [-0.4, -0.2) is 60.3 Å². The fraction of sp³-hybridized carbons (Fsp3) is 0.581. The smallest absolute Gasteiger partial charge is 0.399 e. The third kappa shape index (κ3) is 5.30. The lowest BCUT2D eigenvalue weighted by molar-refractivity contribution is -0.141. The lowest BCUT2D eigenvalue weighted by Crippen LogP contribution is -2.53. The lowest BCUT2D eigenvalue weighted by atomic mass is 9.77. The van der Waals surface area contributed by atoms with E-state index in [2.05, 4.69) is 10.3 Å². The van der Waals surface area contributed by atoms with E-state index in [0.717, 1.165) is 18.9 Å². The predicted octanol–water partition coefficient (Wildman–Crippen LogP) is 4.87. The van der Waals surface area contributed by atoms with E-state index < -0.39 is 41.5 Å². The van der Waals surface area contributed by atoms with Gasteiger partial charge in [-0.05, 0) is 83.6 Å². The van der Waals surface area contributed by atoms with Crippen LogP contribution in [0.25, 0.3) is 0 Å². The van der Waals surface area contributed by atoms with Gasteiger partial charge in [0.2, 0.25) is 0 Å². The number of halogens is 4. The van der Waals surface area contributed by atoms with Crippen LogP contribution < -0.4 is 15.7 Å². The molecule has 0 bridgehead atoms. The molecule has 6 rings (SSSR count). The van der Waals surface area contributed by atoms with Crippen LogP contribution >= 0.6 is 0 Å². The Morgan fingerprint density at radius 1 is 1.14 bits per heavy atom. The Morgan fingerprint density at radius 2 is 1.82 bits per heavy atom. The zero-order valence-electron chi connectivity index (χ0n) is 25.8. The molecule has 1 amide bonds. The highest BCUT2D eigenvalue weighted by Gasteiger charge is 2.53. The van der Waals surface area contributed by atoms with Crippen molar-refractivity contribution in [3.05, 3.63) is 52.6 Å². The number of rotatable bonds is 6. The zero-order chi connectivity index (χ0) is 31.8. The molecule has 1 aromatic carbocycles. The average molecular weight is 616 g/mol. The fourth-order valence-corrected chi connectivity index (χ4v) is 6.34. The van der Waals surface area contributed by atoms with E-state index in [9.17, 15) is 18.0 Å². The van der Waals surface area contributed by atoms with Gasteiger partial charge in [-0.2, -0.15) is 13.2 Å². The van der Waals surface area contributed by atoms with Gasteiger partial charge in [-0.25, -0.2) is 9.37 Å². The number of aliphatic imine (C=N–C) groups is 1. The van der Waals surface area contributed by atoms with Gasteiger partial charge in [-0.15, -0.1) is 0 Å². The van der Waals surface area contributed by atoms with Crippen LogP contribution in [0.5, 0.6) is 0 Å². The molecule has 0 radical (unpaired) electrons. The first-order chi connectivity index (χ1) is 20.5. The number of pyridine rings is 1. The number of alkyl halides is 3. The topological polar surface area (TPSA) is 85.3 Å². The molecule has 3 aliphatic heterocycles. The van der Waals surface area contributed by atoms with Crippen LogP contribution in [0.4, 0.5) is 23.2 Å². The molecule has 2 saturated heterocycles. The number of amidine groups is 1. The number of carbonyl (C=O) groups excluding carboxylic acids is 1. The van der Waals surface area contributed by atoms with Crippen LogP contribution in [0.15, 0.2) is 29.3 Å². The molecular formula is C31H37BF4N4O4. The van der Waals surface area contributed by atoms with E-state index in [1.807, 2.05) is 45.6 Å². The molecule has 3 fully saturated rings. The molecule has 1 saturated carbocycles. The maximum atomic E-state index is 15.6. The summed E-state index contributed by atoms with van der Waals surface area (Å²) in [6.45, 7) is 10.1. The Morgan fingerprint density at radius 3 is 2.41 bits per heavy atom. The van der Waals surface area contributed by atoms with E-state index in [-0.39, 0.29) is 30.3 Å². The summed E-state index contributed by atoms with van der Waals surface area (Å²) >= 11 is 0. The molecule has 1 aromatic heterocycles. The third-order valence-electron chi connectivity index (χ3n) is 9.66. The molecule has 236 valence electrons. The second-order valence-electron chi connectivity index (χ2n) is 13.4. The molecular weight excluding hydrogens is 579 g/mol. The highest BCUT2D eigenvalue weighted by atomic mass is 19.4. The summed E-state index contributed by atoms with van der Waals surface area (Å²) in [7, 11) is 0.743. The van der Waals surface area contributed by atoms with Crippen molar-refractivity contribution >= 4 is 30.0 Å². The van der Waals surface area contributed by atoms with Crippen molar-refractivity contribution in [3.8, 4) is 0 Å². The van der Waals surface area contributed by atoms with Gasteiger partial charge in [0.05, 0.1) is 23.5 Å². The summed E-state index contributed by atoms with van der Waals surface area (Å²) < 4.78 is 73.6. The number of benzene rings is 1. The van der Waals surface area contributed by atoms with Crippen LogP contribution in [0, 0.1) is 5.82 Å². The van der Waals surface area contributed by atoms with Gasteiger partial charge in [0, 0.05) is 48.8 Å². The Hall–Kier alpha value is -3.03. The Labute approximate surface area is 254 Å².